The van der Waals surface area contributed by atoms with E-state index in [9.17, 15) is 4.79 Å². The molecule has 0 radical (unpaired) electrons. The van der Waals surface area contributed by atoms with Gasteiger partial charge in [-0.3, -0.25) is 4.98 Å². The molecule has 0 atom stereocenters. The molecule has 3 rings (SSSR count). The first-order chi connectivity index (χ1) is 9.10. The number of hydrogen-bond donors (Lipinski definition) is 2. The van der Waals surface area contributed by atoms with Crippen LogP contribution in [0.5, 0.6) is 0 Å². The van der Waals surface area contributed by atoms with Crippen LogP contribution in [0, 0.1) is 6.92 Å². The number of aromatic amines is 1. The zero-order chi connectivity index (χ0) is 13.6. The Labute approximate surface area is 108 Å². The maximum absolute atomic E-state index is 11.2. The van der Waals surface area contributed by atoms with Gasteiger partial charge in [0.2, 0.25) is 0 Å². The Morgan fingerprint density at radius 1 is 1.47 bits per heavy atom. The van der Waals surface area contributed by atoms with Gasteiger partial charge in [-0.25, -0.2) is 9.78 Å². The molecule has 3 aromatic rings. The first-order valence-corrected chi connectivity index (χ1v) is 5.95. The standard InChI is InChI=1S/C13H14N4O2/c1-7-15-12(10(6-14)17(7)2)8-3-4-9-11(5-8)19-13(18)16-9/h3-5H,6,14H2,1-2H3,(H,16,18). The van der Waals surface area contributed by atoms with E-state index in [2.05, 4.69) is 9.97 Å². The molecule has 0 amide bonds. The van der Waals surface area contributed by atoms with E-state index in [0.29, 0.717) is 17.6 Å². The van der Waals surface area contributed by atoms with E-state index < -0.39 is 5.76 Å². The van der Waals surface area contributed by atoms with Gasteiger partial charge in [0.1, 0.15) is 5.82 Å². The normalized spacial score (nSPS) is 11.3. The van der Waals surface area contributed by atoms with Crippen LogP contribution >= 0.6 is 0 Å². The van der Waals surface area contributed by atoms with Crippen molar-refractivity contribution in [1.82, 2.24) is 14.5 Å². The number of fused-ring (bicyclic) bond motifs is 1. The first kappa shape index (κ1) is 11.7. The zero-order valence-corrected chi connectivity index (χ0v) is 10.7. The number of imidazole rings is 1. The molecule has 6 heteroatoms. The molecule has 0 spiro atoms. The minimum absolute atomic E-state index is 0.405. The maximum atomic E-state index is 11.2. The smallest absolute Gasteiger partial charge is 0.408 e. The third kappa shape index (κ3) is 1.77. The minimum Gasteiger partial charge on any atom is -0.408 e. The Balaban J connectivity index is 2.23. The van der Waals surface area contributed by atoms with Crippen LogP contribution in [0.4, 0.5) is 0 Å². The van der Waals surface area contributed by atoms with Gasteiger partial charge in [-0.2, -0.15) is 0 Å². The van der Waals surface area contributed by atoms with Gasteiger partial charge < -0.3 is 14.7 Å². The molecule has 0 saturated heterocycles. The Kier molecular flexibility index (Phi) is 2.53. The fraction of sp³-hybridized carbons (Fsp3) is 0.231. The summed E-state index contributed by atoms with van der Waals surface area (Å²) in [5.41, 5.74) is 9.65. The van der Waals surface area contributed by atoms with Crippen molar-refractivity contribution in [1.29, 1.82) is 0 Å². The van der Waals surface area contributed by atoms with E-state index in [4.69, 9.17) is 10.2 Å². The molecule has 3 N–H and O–H groups in total. The molecule has 2 heterocycles. The summed E-state index contributed by atoms with van der Waals surface area (Å²) in [6.07, 6.45) is 0. The number of oxazole rings is 1. The molecular formula is C13H14N4O2. The second kappa shape index (κ2) is 4.10. The summed E-state index contributed by atoms with van der Waals surface area (Å²) >= 11 is 0. The quantitative estimate of drug-likeness (QED) is 0.724. The zero-order valence-electron chi connectivity index (χ0n) is 10.7. The number of aromatic nitrogens is 3. The molecule has 0 aliphatic heterocycles. The molecule has 0 saturated carbocycles. The average Bonchev–Trinajstić information content (AvgIpc) is 2.89. The molecule has 0 unspecified atom stereocenters. The summed E-state index contributed by atoms with van der Waals surface area (Å²) in [6.45, 7) is 2.33. The lowest BCUT2D eigenvalue weighted by atomic mass is 10.1. The van der Waals surface area contributed by atoms with Crippen LogP contribution in [0.15, 0.2) is 27.4 Å². The highest BCUT2D eigenvalue weighted by Gasteiger charge is 2.14. The monoisotopic (exact) mass is 258 g/mol. The molecule has 0 aliphatic rings. The molecule has 6 nitrogen and oxygen atoms in total. The van der Waals surface area contributed by atoms with Gasteiger partial charge in [-0.1, -0.05) is 6.07 Å². The summed E-state index contributed by atoms with van der Waals surface area (Å²) in [6, 6.07) is 5.50. The number of rotatable bonds is 2. The number of nitrogens with two attached hydrogens (primary N) is 1. The lowest BCUT2D eigenvalue weighted by molar-refractivity contribution is 0.555. The van der Waals surface area contributed by atoms with Crippen molar-refractivity contribution in [3.05, 3.63) is 40.3 Å². The Bertz CT molecular complexity index is 810. The number of aryl methyl sites for hydroxylation is 1. The summed E-state index contributed by atoms with van der Waals surface area (Å²) in [4.78, 5) is 18.3. The molecule has 1 aromatic carbocycles. The molecule has 98 valence electrons. The van der Waals surface area contributed by atoms with Crippen molar-refractivity contribution < 1.29 is 4.42 Å². The number of H-pyrrole nitrogens is 1. The summed E-state index contributed by atoms with van der Waals surface area (Å²) in [5, 5.41) is 0. The van der Waals surface area contributed by atoms with Crippen molar-refractivity contribution in [3.8, 4) is 11.3 Å². The van der Waals surface area contributed by atoms with E-state index in [1.807, 2.05) is 24.6 Å². The van der Waals surface area contributed by atoms with Gasteiger partial charge in [0.25, 0.3) is 0 Å². The topological polar surface area (TPSA) is 89.8 Å². The summed E-state index contributed by atoms with van der Waals surface area (Å²) in [5.74, 6) is 0.439. The van der Waals surface area contributed by atoms with Gasteiger partial charge in [0, 0.05) is 19.2 Å². The van der Waals surface area contributed by atoms with Crippen molar-refractivity contribution in [3.63, 3.8) is 0 Å². The number of hydrogen-bond acceptors (Lipinski definition) is 4. The van der Waals surface area contributed by atoms with Crippen LogP contribution in [0.2, 0.25) is 0 Å². The fourth-order valence-corrected chi connectivity index (χ4v) is 2.21. The van der Waals surface area contributed by atoms with Gasteiger partial charge in [0.05, 0.1) is 16.9 Å². The SMILES string of the molecule is Cc1nc(-c2ccc3[nH]c(=O)oc3c2)c(CN)n1C. The van der Waals surface area contributed by atoms with Crippen LogP contribution in [0.25, 0.3) is 22.4 Å². The first-order valence-electron chi connectivity index (χ1n) is 5.95. The number of nitrogens with one attached hydrogen (secondary N) is 1. The van der Waals surface area contributed by atoms with Gasteiger partial charge >= 0.3 is 5.76 Å². The highest BCUT2D eigenvalue weighted by atomic mass is 16.4. The minimum atomic E-state index is -0.455. The molecule has 2 aromatic heterocycles. The highest BCUT2D eigenvalue weighted by molar-refractivity contribution is 5.79. The fourth-order valence-electron chi connectivity index (χ4n) is 2.21. The second-order valence-electron chi connectivity index (χ2n) is 4.44. The van der Waals surface area contributed by atoms with Crippen molar-refractivity contribution >= 4 is 11.1 Å². The van der Waals surface area contributed by atoms with Crippen molar-refractivity contribution in [2.75, 3.05) is 0 Å². The lowest BCUT2D eigenvalue weighted by Crippen LogP contribution is -2.05. The van der Waals surface area contributed by atoms with Crippen molar-refractivity contribution in [2.24, 2.45) is 12.8 Å². The molecule has 0 fully saturated rings. The van der Waals surface area contributed by atoms with Crippen LogP contribution in [0.1, 0.15) is 11.5 Å². The second-order valence-corrected chi connectivity index (χ2v) is 4.44. The van der Waals surface area contributed by atoms with E-state index in [0.717, 1.165) is 22.8 Å². The Morgan fingerprint density at radius 3 is 3.00 bits per heavy atom. The van der Waals surface area contributed by atoms with Crippen molar-refractivity contribution in [2.45, 2.75) is 13.5 Å². The van der Waals surface area contributed by atoms with E-state index in [-0.39, 0.29) is 0 Å². The lowest BCUT2D eigenvalue weighted by Gasteiger charge is -2.03. The van der Waals surface area contributed by atoms with E-state index in [1.54, 1.807) is 12.1 Å². The molecule has 0 aliphatic carbocycles. The molecule has 0 bridgehead atoms. The van der Waals surface area contributed by atoms with Gasteiger partial charge in [0.15, 0.2) is 5.58 Å². The van der Waals surface area contributed by atoms with E-state index >= 15 is 0 Å². The predicted octanol–water partition coefficient (Wildman–Crippen LogP) is 1.29. The number of nitrogens with zero attached hydrogens (tertiary/aromatic N) is 2. The Hall–Kier alpha value is -2.34. The third-order valence-electron chi connectivity index (χ3n) is 3.33. The summed E-state index contributed by atoms with van der Waals surface area (Å²) < 4.78 is 7.03. The van der Waals surface area contributed by atoms with Crippen LogP contribution in [-0.2, 0) is 13.6 Å². The molecule has 19 heavy (non-hydrogen) atoms. The predicted molar refractivity (Wildman–Crippen MR) is 71.7 cm³/mol. The van der Waals surface area contributed by atoms with Crippen LogP contribution in [0.3, 0.4) is 0 Å². The third-order valence-corrected chi connectivity index (χ3v) is 3.33. The maximum Gasteiger partial charge on any atom is 0.417 e. The van der Waals surface area contributed by atoms with E-state index in [1.165, 1.54) is 0 Å². The summed E-state index contributed by atoms with van der Waals surface area (Å²) in [7, 11) is 1.93. The van der Waals surface area contributed by atoms with Gasteiger partial charge in [-0.05, 0) is 19.1 Å². The average molecular weight is 258 g/mol. The van der Waals surface area contributed by atoms with Crippen LogP contribution < -0.4 is 11.5 Å². The largest absolute Gasteiger partial charge is 0.417 e. The molecular weight excluding hydrogens is 244 g/mol. The highest BCUT2D eigenvalue weighted by Crippen LogP contribution is 2.25. The van der Waals surface area contributed by atoms with Crippen LogP contribution in [-0.4, -0.2) is 14.5 Å². The van der Waals surface area contributed by atoms with Gasteiger partial charge in [-0.15, -0.1) is 0 Å². The number of benzene rings is 1. The Morgan fingerprint density at radius 2 is 2.26 bits per heavy atom.